The molecule has 0 N–H and O–H groups in total. The van der Waals surface area contributed by atoms with Gasteiger partial charge in [-0.3, -0.25) is 0 Å². The Morgan fingerprint density at radius 2 is 1.44 bits per heavy atom. The van der Waals surface area contributed by atoms with E-state index < -0.39 is 0 Å². The van der Waals surface area contributed by atoms with Crippen LogP contribution in [-0.2, 0) is 5.41 Å². The lowest BCUT2D eigenvalue weighted by Crippen LogP contribution is -2.17. The molecular weight excluding hydrogens is 304 g/mol. The molecule has 1 heterocycles. The van der Waals surface area contributed by atoms with Crippen LogP contribution >= 0.6 is 0 Å². The molecular formula is C23H18N2. The number of hydrogen-bond acceptors (Lipinski definition) is 2. The van der Waals surface area contributed by atoms with Gasteiger partial charge in [-0.05, 0) is 34.0 Å². The molecule has 1 aromatic heterocycles. The van der Waals surface area contributed by atoms with Crippen LogP contribution < -0.4 is 0 Å². The average Bonchev–Trinajstić information content (AvgIpc) is 2.88. The highest BCUT2D eigenvalue weighted by molar-refractivity contribution is 5.96. The van der Waals surface area contributed by atoms with Crippen molar-refractivity contribution >= 4 is 10.8 Å². The molecule has 0 unspecified atom stereocenters. The highest BCUT2D eigenvalue weighted by Crippen LogP contribution is 2.51. The summed E-state index contributed by atoms with van der Waals surface area (Å²) in [6.45, 7) is 4.52. The van der Waals surface area contributed by atoms with Crippen molar-refractivity contribution in [3.05, 3.63) is 84.3 Å². The number of benzene rings is 3. The van der Waals surface area contributed by atoms with Gasteiger partial charge in [-0.25, -0.2) is 9.97 Å². The number of fused-ring (bicyclic) bond motifs is 4. The van der Waals surface area contributed by atoms with Crippen molar-refractivity contribution in [1.29, 1.82) is 0 Å². The van der Waals surface area contributed by atoms with Crippen LogP contribution in [0.15, 0.2) is 73.1 Å². The highest BCUT2D eigenvalue weighted by atomic mass is 14.9. The van der Waals surface area contributed by atoms with Crippen molar-refractivity contribution in [2.75, 3.05) is 0 Å². The van der Waals surface area contributed by atoms with Gasteiger partial charge in [-0.15, -0.1) is 0 Å². The van der Waals surface area contributed by atoms with Gasteiger partial charge in [0.05, 0.1) is 11.4 Å². The van der Waals surface area contributed by atoms with E-state index in [0.29, 0.717) is 0 Å². The Hall–Kier alpha value is -3.00. The topological polar surface area (TPSA) is 25.8 Å². The molecule has 0 atom stereocenters. The van der Waals surface area contributed by atoms with Crippen LogP contribution in [0.2, 0.25) is 0 Å². The van der Waals surface area contributed by atoms with Gasteiger partial charge in [-0.2, -0.15) is 0 Å². The summed E-state index contributed by atoms with van der Waals surface area (Å²) < 4.78 is 0. The standard InChI is InChI=1S/C23H18N2/c1-23(2)19-13-17-11-7-6-10-16(17)12-18(19)20-21(24-14-25-22(20)23)15-8-4-3-5-9-15/h3-14H,1-2H3. The van der Waals surface area contributed by atoms with Crippen LogP contribution in [0.25, 0.3) is 33.2 Å². The fourth-order valence-electron chi connectivity index (χ4n) is 4.02. The lowest BCUT2D eigenvalue weighted by molar-refractivity contribution is 0.635. The molecule has 3 aromatic carbocycles. The molecule has 1 aliphatic rings. The summed E-state index contributed by atoms with van der Waals surface area (Å²) in [7, 11) is 0. The molecule has 5 rings (SSSR count). The van der Waals surface area contributed by atoms with Crippen molar-refractivity contribution in [3.8, 4) is 22.4 Å². The Morgan fingerprint density at radius 3 is 2.20 bits per heavy atom. The molecule has 0 saturated carbocycles. The minimum Gasteiger partial charge on any atom is -0.240 e. The predicted octanol–water partition coefficient (Wildman–Crippen LogP) is 5.60. The van der Waals surface area contributed by atoms with E-state index in [1.165, 1.54) is 27.5 Å². The lowest BCUT2D eigenvalue weighted by atomic mass is 9.84. The third kappa shape index (κ3) is 1.97. The summed E-state index contributed by atoms with van der Waals surface area (Å²) in [4.78, 5) is 9.35. The first-order chi connectivity index (χ1) is 12.2. The molecule has 0 amide bonds. The van der Waals surface area contributed by atoms with E-state index in [-0.39, 0.29) is 5.41 Å². The number of hydrogen-bond donors (Lipinski definition) is 0. The van der Waals surface area contributed by atoms with Gasteiger partial charge in [-0.1, -0.05) is 68.4 Å². The van der Waals surface area contributed by atoms with E-state index in [1.807, 2.05) is 6.07 Å². The normalized spacial score (nSPS) is 14.3. The second kappa shape index (κ2) is 5.00. The molecule has 0 radical (unpaired) electrons. The van der Waals surface area contributed by atoms with Crippen molar-refractivity contribution in [2.45, 2.75) is 19.3 Å². The fourth-order valence-corrected chi connectivity index (χ4v) is 4.02. The maximum absolute atomic E-state index is 4.69. The first-order valence-corrected chi connectivity index (χ1v) is 8.61. The summed E-state index contributed by atoms with van der Waals surface area (Å²) in [5.74, 6) is 0. The Balaban J connectivity index is 1.89. The number of rotatable bonds is 1. The van der Waals surface area contributed by atoms with Crippen LogP contribution in [0, 0.1) is 0 Å². The molecule has 2 heteroatoms. The summed E-state index contributed by atoms with van der Waals surface area (Å²) in [6.07, 6.45) is 1.70. The van der Waals surface area contributed by atoms with Crippen LogP contribution in [0.1, 0.15) is 25.1 Å². The van der Waals surface area contributed by atoms with E-state index in [1.54, 1.807) is 6.33 Å². The second-order valence-corrected chi connectivity index (χ2v) is 7.18. The maximum Gasteiger partial charge on any atom is 0.116 e. The fraction of sp³-hybridized carbons (Fsp3) is 0.130. The molecule has 1 aliphatic carbocycles. The molecule has 0 fully saturated rings. The zero-order valence-corrected chi connectivity index (χ0v) is 14.3. The Labute approximate surface area is 147 Å². The highest BCUT2D eigenvalue weighted by Gasteiger charge is 2.39. The van der Waals surface area contributed by atoms with Crippen molar-refractivity contribution in [2.24, 2.45) is 0 Å². The summed E-state index contributed by atoms with van der Waals surface area (Å²) >= 11 is 0. The minimum absolute atomic E-state index is 0.124. The Morgan fingerprint density at radius 1 is 0.760 bits per heavy atom. The Kier molecular flexibility index (Phi) is 2.87. The third-order valence-electron chi connectivity index (χ3n) is 5.32. The average molecular weight is 322 g/mol. The maximum atomic E-state index is 4.69. The van der Waals surface area contributed by atoms with Gasteiger partial charge in [0.25, 0.3) is 0 Å². The van der Waals surface area contributed by atoms with Crippen LogP contribution in [0.3, 0.4) is 0 Å². The van der Waals surface area contributed by atoms with Gasteiger partial charge in [0, 0.05) is 16.5 Å². The van der Waals surface area contributed by atoms with E-state index in [4.69, 9.17) is 4.98 Å². The van der Waals surface area contributed by atoms with Gasteiger partial charge in [0.2, 0.25) is 0 Å². The quantitative estimate of drug-likeness (QED) is 0.455. The van der Waals surface area contributed by atoms with Gasteiger partial charge in [0.1, 0.15) is 6.33 Å². The molecule has 0 aliphatic heterocycles. The second-order valence-electron chi connectivity index (χ2n) is 7.18. The van der Waals surface area contributed by atoms with Crippen LogP contribution in [0.4, 0.5) is 0 Å². The molecule has 120 valence electrons. The third-order valence-corrected chi connectivity index (χ3v) is 5.32. The summed E-state index contributed by atoms with van der Waals surface area (Å²) in [5, 5.41) is 2.53. The molecule has 0 saturated heterocycles. The van der Waals surface area contributed by atoms with E-state index in [0.717, 1.165) is 17.0 Å². The minimum atomic E-state index is -0.124. The van der Waals surface area contributed by atoms with Crippen LogP contribution in [-0.4, -0.2) is 9.97 Å². The predicted molar refractivity (Wildman–Crippen MR) is 103 cm³/mol. The van der Waals surface area contributed by atoms with Gasteiger partial charge >= 0.3 is 0 Å². The summed E-state index contributed by atoms with van der Waals surface area (Å²) in [5.41, 5.74) is 6.93. The first kappa shape index (κ1) is 14.4. The zero-order valence-electron chi connectivity index (χ0n) is 14.3. The largest absolute Gasteiger partial charge is 0.240 e. The molecule has 2 nitrogen and oxygen atoms in total. The first-order valence-electron chi connectivity index (χ1n) is 8.61. The molecule has 25 heavy (non-hydrogen) atoms. The van der Waals surface area contributed by atoms with Gasteiger partial charge in [0.15, 0.2) is 0 Å². The monoisotopic (exact) mass is 322 g/mol. The Bertz CT molecular complexity index is 1110. The number of aromatic nitrogens is 2. The van der Waals surface area contributed by atoms with E-state index >= 15 is 0 Å². The van der Waals surface area contributed by atoms with Crippen molar-refractivity contribution < 1.29 is 0 Å². The van der Waals surface area contributed by atoms with Crippen molar-refractivity contribution in [3.63, 3.8) is 0 Å². The number of nitrogens with zero attached hydrogens (tertiary/aromatic N) is 2. The zero-order chi connectivity index (χ0) is 17.0. The molecule has 0 bridgehead atoms. The molecule has 4 aromatic rings. The smallest absolute Gasteiger partial charge is 0.116 e. The van der Waals surface area contributed by atoms with E-state index in [9.17, 15) is 0 Å². The van der Waals surface area contributed by atoms with Crippen molar-refractivity contribution in [1.82, 2.24) is 9.97 Å². The molecule has 0 spiro atoms. The summed E-state index contributed by atoms with van der Waals surface area (Å²) in [6, 6.07) is 23.6. The van der Waals surface area contributed by atoms with Crippen LogP contribution in [0.5, 0.6) is 0 Å². The van der Waals surface area contributed by atoms with Gasteiger partial charge < -0.3 is 0 Å². The lowest BCUT2D eigenvalue weighted by Gasteiger charge is -2.20. The van der Waals surface area contributed by atoms with E-state index in [2.05, 4.69) is 79.5 Å². The SMILES string of the molecule is CC1(C)c2cc3ccccc3cc2-c2c(-c3ccccc3)ncnc21.